The van der Waals surface area contributed by atoms with Crippen LogP contribution in [0.15, 0.2) is 58.7 Å². The number of rotatable bonds is 6. The first-order valence-electron chi connectivity index (χ1n) is 11.8. The maximum absolute atomic E-state index is 13.7. The molecule has 2 aliphatic rings. The molecule has 1 aliphatic carbocycles. The molecule has 0 amide bonds. The Balaban J connectivity index is 1.79. The summed E-state index contributed by atoms with van der Waals surface area (Å²) in [4.78, 5) is 31.7. The van der Waals surface area contributed by atoms with Crippen LogP contribution in [0.2, 0.25) is 0 Å². The second-order valence-electron chi connectivity index (χ2n) is 9.29. The van der Waals surface area contributed by atoms with Gasteiger partial charge in [-0.1, -0.05) is 18.2 Å². The molecule has 1 heterocycles. The lowest BCUT2D eigenvalue weighted by atomic mass is 9.69. The van der Waals surface area contributed by atoms with Gasteiger partial charge in [0.15, 0.2) is 17.3 Å². The Morgan fingerprint density at radius 1 is 1.03 bits per heavy atom. The van der Waals surface area contributed by atoms with Gasteiger partial charge < -0.3 is 19.3 Å². The number of nitrogens with zero attached hydrogens (tertiary/aromatic N) is 1. The van der Waals surface area contributed by atoms with E-state index in [1.807, 2.05) is 31.2 Å². The first-order chi connectivity index (χ1) is 16.7. The minimum atomic E-state index is -0.744. The molecule has 1 unspecified atom stereocenters. The number of phenols is 1. The fourth-order valence-electron chi connectivity index (χ4n) is 5.03. The third-order valence-corrected chi connectivity index (χ3v) is 6.64. The lowest BCUT2D eigenvalue weighted by Gasteiger charge is -2.37. The zero-order chi connectivity index (χ0) is 25.3. The molecule has 3 atom stereocenters. The molecule has 0 aromatic heterocycles. The number of hydrogen-bond donors (Lipinski definition) is 1. The molecule has 1 N–H and O–H groups in total. The number of phenolic OH excluding ortho intramolecular Hbond substituents is 1. The molecule has 0 fully saturated rings. The smallest absolute Gasteiger partial charge is 0.315 e. The fourth-order valence-corrected chi connectivity index (χ4v) is 5.03. The summed E-state index contributed by atoms with van der Waals surface area (Å²) < 4.78 is 16.1. The molecule has 0 spiro atoms. The highest BCUT2D eigenvalue weighted by Crippen LogP contribution is 2.48. The van der Waals surface area contributed by atoms with Crippen molar-refractivity contribution in [2.45, 2.75) is 51.6 Å². The fraction of sp³-hybridized carbons (Fsp3) is 0.393. The zero-order valence-corrected chi connectivity index (χ0v) is 20.7. The van der Waals surface area contributed by atoms with Crippen LogP contribution in [-0.2, 0) is 14.3 Å². The van der Waals surface area contributed by atoms with E-state index in [0.29, 0.717) is 35.4 Å². The molecular formula is C28H31NO6. The molecule has 4 rings (SSSR count). The van der Waals surface area contributed by atoms with Gasteiger partial charge in [-0.15, -0.1) is 0 Å². The molecule has 0 saturated heterocycles. The molecule has 0 radical (unpaired) electrons. The third-order valence-electron chi connectivity index (χ3n) is 6.64. The van der Waals surface area contributed by atoms with E-state index in [2.05, 4.69) is 0 Å². The second kappa shape index (κ2) is 9.94. The van der Waals surface area contributed by atoms with Gasteiger partial charge in [0.25, 0.3) is 0 Å². The largest absolute Gasteiger partial charge is 0.504 e. The van der Waals surface area contributed by atoms with Gasteiger partial charge in [-0.2, -0.15) is 0 Å². The number of hydrogen-bond acceptors (Lipinski definition) is 7. The third kappa shape index (κ3) is 4.81. The summed E-state index contributed by atoms with van der Waals surface area (Å²) in [5.41, 5.74) is 3.59. The average Bonchev–Trinajstić information content (AvgIpc) is 2.83. The van der Waals surface area contributed by atoms with Crippen LogP contribution >= 0.6 is 0 Å². The molecule has 2 aromatic rings. The van der Waals surface area contributed by atoms with Gasteiger partial charge >= 0.3 is 5.97 Å². The van der Waals surface area contributed by atoms with Gasteiger partial charge in [-0.05, 0) is 68.5 Å². The molecule has 0 bridgehead atoms. The van der Waals surface area contributed by atoms with Crippen molar-refractivity contribution in [2.24, 2.45) is 10.9 Å². The van der Waals surface area contributed by atoms with Crippen LogP contribution in [-0.4, -0.2) is 42.9 Å². The van der Waals surface area contributed by atoms with Gasteiger partial charge in [0.1, 0.15) is 11.7 Å². The number of ketones is 1. The van der Waals surface area contributed by atoms with E-state index < -0.39 is 17.8 Å². The number of methoxy groups -OCH3 is 2. The normalized spacial score (nSPS) is 21.9. The summed E-state index contributed by atoms with van der Waals surface area (Å²) in [5.74, 6) is -0.771. The van der Waals surface area contributed by atoms with Crippen molar-refractivity contribution < 1.29 is 28.9 Å². The van der Waals surface area contributed by atoms with Crippen molar-refractivity contribution in [1.29, 1.82) is 0 Å². The Kier molecular flexibility index (Phi) is 6.96. The number of aliphatic imine (C=N–C) groups is 1. The SMILES string of the molecule is COc1ccc([C@@H]2CC(=O)C3=C(C2)N=C(C)C(C(=O)OC(C)C)[C@H]3c2ccc(O)c(OC)c2)cc1. The summed E-state index contributed by atoms with van der Waals surface area (Å²) in [6.45, 7) is 5.39. The highest BCUT2D eigenvalue weighted by Gasteiger charge is 2.45. The maximum atomic E-state index is 13.7. The lowest BCUT2D eigenvalue weighted by molar-refractivity contribution is -0.150. The van der Waals surface area contributed by atoms with E-state index in [-0.39, 0.29) is 29.3 Å². The highest BCUT2D eigenvalue weighted by molar-refractivity contribution is 6.09. The van der Waals surface area contributed by atoms with Crippen molar-refractivity contribution in [3.05, 3.63) is 64.9 Å². The van der Waals surface area contributed by atoms with Crippen LogP contribution in [0.3, 0.4) is 0 Å². The molecule has 0 saturated carbocycles. The second-order valence-corrected chi connectivity index (χ2v) is 9.29. The minimum Gasteiger partial charge on any atom is -0.504 e. The quantitative estimate of drug-likeness (QED) is 0.593. The predicted molar refractivity (Wildman–Crippen MR) is 132 cm³/mol. The van der Waals surface area contributed by atoms with E-state index in [0.717, 1.165) is 11.3 Å². The van der Waals surface area contributed by atoms with Crippen LogP contribution in [0.5, 0.6) is 17.2 Å². The van der Waals surface area contributed by atoms with E-state index >= 15 is 0 Å². The standard InChI is InChI=1S/C28H31NO6/c1-15(2)35-28(32)25-16(3)29-21-12-19(17-6-9-20(33-4)10-7-17)13-23(31)27(21)26(25)18-8-11-22(30)24(14-18)34-5/h6-11,14-15,19,25-26,30H,12-13H2,1-5H3/t19-,25?,26+/m0/s1. The van der Waals surface area contributed by atoms with Crippen molar-refractivity contribution in [3.8, 4) is 17.2 Å². The van der Waals surface area contributed by atoms with Crippen LogP contribution < -0.4 is 9.47 Å². The predicted octanol–water partition coefficient (Wildman–Crippen LogP) is 4.94. The van der Waals surface area contributed by atoms with E-state index in [1.54, 1.807) is 33.1 Å². The number of Topliss-reactive ketones (excluding diaryl/α,β-unsaturated/α-hetero) is 1. The monoisotopic (exact) mass is 477 g/mol. The molecule has 7 heteroatoms. The Bertz CT molecular complexity index is 1190. The van der Waals surface area contributed by atoms with Crippen molar-refractivity contribution >= 4 is 17.5 Å². The number of carbonyl (C=O) groups excluding carboxylic acids is 2. The first kappa shape index (κ1) is 24.5. The first-order valence-corrected chi connectivity index (χ1v) is 11.8. The summed E-state index contributed by atoms with van der Waals surface area (Å²) in [7, 11) is 3.09. The molecule has 35 heavy (non-hydrogen) atoms. The summed E-state index contributed by atoms with van der Waals surface area (Å²) in [6, 6.07) is 12.7. The highest BCUT2D eigenvalue weighted by atomic mass is 16.5. The minimum absolute atomic E-state index is 0.0116. The van der Waals surface area contributed by atoms with Crippen LogP contribution in [0.1, 0.15) is 56.6 Å². The van der Waals surface area contributed by atoms with Gasteiger partial charge in [0.2, 0.25) is 0 Å². The molecule has 2 aromatic carbocycles. The Hall–Kier alpha value is -3.61. The molecule has 184 valence electrons. The Labute approximate surface area is 205 Å². The van der Waals surface area contributed by atoms with E-state index in [9.17, 15) is 14.7 Å². The number of allylic oxidation sites excluding steroid dienone is 2. The summed E-state index contributed by atoms with van der Waals surface area (Å²) in [5, 5.41) is 10.1. The Morgan fingerprint density at radius 3 is 2.34 bits per heavy atom. The average molecular weight is 478 g/mol. The molecule has 7 nitrogen and oxygen atoms in total. The van der Waals surface area contributed by atoms with Gasteiger partial charge in [-0.3, -0.25) is 14.6 Å². The number of benzene rings is 2. The van der Waals surface area contributed by atoms with Gasteiger partial charge in [0, 0.05) is 29.3 Å². The molecule has 1 aliphatic heterocycles. The van der Waals surface area contributed by atoms with Crippen molar-refractivity contribution in [1.82, 2.24) is 0 Å². The van der Waals surface area contributed by atoms with Gasteiger partial charge in [-0.25, -0.2) is 0 Å². The van der Waals surface area contributed by atoms with Crippen molar-refractivity contribution in [2.75, 3.05) is 14.2 Å². The van der Waals surface area contributed by atoms with Gasteiger partial charge in [0.05, 0.1) is 20.3 Å². The number of esters is 1. The zero-order valence-electron chi connectivity index (χ0n) is 20.7. The topological polar surface area (TPSA) is 94.4 Å². The van der Waals surface area contributed by atoms with Crippen molar-refractivity contribution in [3.63, 3.8) is 0 Å². The van der Waals surface area contributed by atoms with E-state index in [1.165, 1.54) is 13.2 Å². The van der Waals surface area contributed by atoms with Crippen LogP contribution in [0.25, 0.3) is 0 Å². The van der Waals surface area contributed by atoms with E-state index in [4.69, 9.17) is 19.2 Å². The maximum Gasteiger partial charge on any atom is 0.315 e. The number of carbonyl (C=O) groups is 2. The number of aromatic hydroxyl groups is 1. The van der Waals surface area contributed by atoms with Crippen LogP contribution in [0.4, 0.5) is 0 Å². The summed E-state index contributed by atoms with van der Waals surface area (Å²) in [6.07, 6.45) is 0.599. The lowest BCUT2D eigenvalue weighted by Crippen LogP contribution is -2.38. The summed E-state index contributed by atoms with van der Waals surface area (Å²) >= 11 is 0. The molecular weight excluding hydrogens is 446 g/mol. The van der Waals surface area contributed by atoms with Crippen LogP contribution in [0, 0.1) is 5.92 Å². The Morgan fingerprint density at radius 2 is 1.71 bits per heavy atom. The number of ether oxygens (including phenoxy) is 3.